The molecule has 1 atom stereocenters. The molecule has 0 aliphatic heterocycles. The molecule has 0 spiro atoms. The summed E-state index contributed by atoms with van der Waals surface area (Å²) in [5.74, 6) is 0.792. The first-order valence-corrected chi connectivity index (χ1v) is 12.9. The molecule has 24 heavy (non-hydrogen) atoms. The molecule has 0 amide bonds. The molecule has 0 fully saturated rings. The van der Waals surface area contributed by atoms with Gasteiger partial charge in [0, 0.05) is 12.7 Å². The lowest BCUT2D eigenvalue weighted by atomic mass is 10.3. The Morgan fingerprint density at radius 3 is 2.67 bits per heavy atom. The number of imidazole rings is 1. The highest BCUT2D eigenvalue weighted by Crippen LogP contribution is 2.34. The molecule has 0 saturated heterocycles. The van der Waals surface area contributed by atoms with Crippen molar-refractivity contribution in [3.63, 3.8) is 0 Å². The predicted octanol–water partition coefficient (Wildman–Crippen LogP) is 4.83. The minimum Gasteiger partial charge on any atom is -0.362 e. The van der Waals surface area contributed by atoms with Crippen LogP contribution in [-0.4, -0.2) is 35.6 Å². The number of aromatic nitrogens is 3. The lowest BCUT2D eigenvalue weighted by Gasteiger charge is -2.31. The Morgan fingerprint density at radius 2 is 2.04 bits per heavy atom. The van der Waals surface area contributed by atoms with E-state index in [0.29, 0.717) is 6.61 Å². The first kappa shape index (κ1) is 17.3. The van der Waals surface area contributed by atoms with Gasteiger partial charge >= 0.3 is 0 Å². The van der Waals surface area contributed by atoms with Gasteiger partial charge in [-0.3, -0.25) is 4.57 Å². The maximum absolute atomic E-state index is 6.18. The van der Waals surface area contributed by atoms with Crippen LogP contribution in [0.1, 0.15) is 12.8 Å². The number of rotatable bonds is 6. The summed E-state index contributed by atoms with van der Waals surface area (Å²) in [6.07, 6.45) is 1.97. The molecule has 5 nitrogen and oxygen atoms in total. The molecule has 2 aromatic heterocycles. The predicted molar refractivity (Wildman–Crippen MR) is 101 cm³/mol. The molecule has 3 aromatic rings. The third kappa shape index (κ3) is 3.16. The summed E-state index contributed by atoms with van der Waals surface area (Å²) in [5.41, 5.74) is 2.77. The maximum Gasteiger partial charge on any atom is 0.193 e. The quantitative estimate of drug-likeness (QED) is 0.465. The van der Waals surface area contributed by atoms with Gasteiger partial charge in [-0.15, -0.1) is 0 Å². The van der Waals surface area contributed by atoms with Crippen LogP contribution in [0, 0.1) is 0 Å². The molecule has 0 bridgehead atoms. The number of hydrogen-bond acceptors (Lipinski definition) is 5. The van der Waals surface area contributed by atoms with Gasteiger partial charge in [-0.25, -0.2) is 4.98 Å². The summed E-state index contributed by atoms with van der Waals surface area (Å²) in [7, 11) is -1.66. The van der Waals surface area contributed by atoms with Gasteiger partial charge in [0.05, 0.1) is 11.0 Å². The second kappa shape index (κ2) is 6.74. The minimum atomic E-state index is -1.66. The smallest absolute Gasteiger partial charge is 0.193 e. The van der Waals surface area contributed by atoms with Crippen molar-refractivity contribution < 1.29 is 9.26 Å². The summed E-state index contributed by atoms with van der Waals surface area (Å²) < 4.78 is 13.8. The van der Waals surface area contributed by atoms with E-state index >= 15 is 0 Å². The highest BCUT2D eigenvalue weighted by Gasteiger charge is 2.33. The van der Waals surface area contributed by atoms with Gasteiger partial charge in [0.15, 0.2) is 16.6 Å². The first-order chi connectivity index (χ1) is 11.5. The van der Waals surface area contributed by atoms with E-state index in [1.54, 1.807) is 0 Å². The average molecular weight is 362 g/mol. The first-order valence-electron chi connectivity index (χ1n) is 8.05. The number of ether oxygens (including phenoxy) is 1. The van der Waals surface area contributed by atoms with E-state index in [4.69, 9.17) is 14.2 Å². The fraction of sp³-hybridized carbons (Fsp3) is 0.412. The van der Waals surface area contributed by atoms with E-state index in [1.807, 2.05) is 37.4 Å². The van der Waals surface area contributed by atoms with Gasteiger partial charge in [0.1, 0.15) is 13.9 Å². The van der Waals surface area contributed by atoms with Crippen LogP contribution in [0.25, 0.3) is 22.6 Å². The fourth-order valence-corrected chi connectivity index (χ4v) is 4.84. The molecular formula is C17H23N3O2SSi. The highest BCUT2D eigenvalue weighted by molar-refractivity contribution is 7.98. The van der Waals surface area contributed by atoms with Crippen LogP contribution < -0.4 is 0 Å². The zero-order valence-corrected chi connectivity index (χ0v) is 16.6. The molecule has 0 aliphatic rings. The third-order valence-corrected chi connectivity index (χ3v) is 6.32. The van der Waals surface area contributed by atoms with Crippen molar-refractivity contribution in [3.05, 3.63) is 30.3 Å². The van der Waals surface area contributed by atoms with Gasteiger partial charge in [-0.2, -0.15) is 0 Å². The van der Waals surface area contributed by atoms with Crippen molar-refractivity contribution in [2.45, 2.75) is 37.5 Å². The number of nitrogens with zero attached hydrogens (tertiary/aromatic N) is 3. The van der Waals surface area contributed by atoms with Crippen molar-refractivity contribution in [3.8, 4) is 11.5 Å². The summed E-state index contributed by atoms with van der Waals surface area (Å²) in [5, 5.41) is 5.00. The zero-order valence-electron chi connectivity index (χ0n) is 14.7. The fourth-order valence-electron chi connectivity index (χ4n) is 2.79. The van der Waals surface area contributed by atoms with Gasteiger partial charge < -0.3 is 9.26 Å². The normalized spacial score (nSPS) is 13.5. The Labute approximate surface area is 147 Å². The number of benzene rings is 1. The molecule has 0 aliphatic carbocycles. The van der Waals surface area contributed by atoms with Crippen molar-refractivity contribution in [2.75, 3.05) is 12.9 Å². The molecule has 3 rings (SSSR count). The van der Waals surface area contributed by atoms with Crippen LogP contribution >= 0.6 is 11.8 Å². The number of hydrogen-bond donors (Lipinski definition) is 0. The zero-order chi connectivity index (χ0) is 17.3. The molecule has 2 heterocycles. The van der Waals surface area contributed by atoms with Crippen LogP contribution in [0.4, 0.5) is 0 Å². The van der Waals surface area contributed by atoms with E-state index in [2.05, 4.69) is 35.4 Å². The molecule has 128 valence electrons. The monoisotopic (exact) mass is 361 g/mol. The van der Waals surface area contributed by atoms with Crippen molar-refractivity contribution >= 4 is 30.9 Å². The lowest BCUT2D eigenvalue weighted by molar-refractivity contribution is 0.0675. The number of fused-ring (bicyclic) bond motifs is 1. The third-order valence-electron chi connectivity index (χ3n) is 3.81. The second-order valence-electron chi connectivity index (χ2n) is 6.70. The second-order valence-corrected chi connectivity index (χ2v) is 12.7. The number of para-hydroxylation sites is 2. The molecule has 0 saturated carbocycles. The summed E-state index contributed by atoms with van der Waals surface area (Å²) in [6.45, 7) is 9.62. The van der Waals surface area contributed by atoms with Crippen molar-refractivity contribution in [2.24, 2.45) is 0 Å². The average Bonchev–Trinajstić information content (AvgIpc) is 3.15. The Kier molecular flexibility index (Phi) is 4.84. The minimum absolute atomic E-state index is 0.0145. The number of thioether (sulfide) groups is 1. The topological polar surface area (TPSA) is 53.1 Å². The van der Waals surface area contributed by atoms with Gasteiger partial charge in [-0.1, -0.05) is 48.7 Å². The van der Waals surface area contributed by atoms with E-state index in [0.717, 1.165) is 27.6 Å². The molecule has 0 radical (unpaired) electrons. The SMILES string of the molecule is CCOC(n1c(-c2cc(SC)on2)nc2ccccc21)[Si](C)(C)C. The maximum atomic E-state index is 6.18. The summed E-state index contributed by atoms with van der Waals surface area (Å²) in [6, 6.07) is 10.1. The van der Waals surface area contributed by atoms with E-state index in [1.165, 1.54) is 11.8 Å². The van der Waals surface area contributed by atoms with Gasteiger partial charge in [0.2, 0.25) is 0 Å². The lowest BCUT2D eigenvalue weighted by Crippen LogP contribution is -2.37. The molecule has 0 N–H and O–H groups in total. The van der Waals surface area contributed by atoms with Gasteiger partial charge in [0.25, 0.3) is 0 Å². The van der Waals surface area contributed by atoms with Gasteiger partial charge in [-0.05, 0) is 25.3 Å². The van der Waals surface area contributed by atoms with Crippen LogP contribution in [-0.2, 0) is 4.74 Å². The van der Waals surface area contributed by atoms with Crippen molar-refractivity contribution in [1.82, 2.24) is 14.7 Å². The largest absolute Gasteiger partial charge is 0.362 e. The van der Waals surface area contributed by atoms with E-state index < -0.39 is 8.07 Å². The Bertz CT molecular complexity index is 838. The van der Waals surface area contributed by atoms with Crippen LogP contribution in [0.3, 0.4) is 0 Å². The molecule has 1 aromatic carbocycles. The summed E-state index contributed by atoms with van der Waals surface area (Å²) in [4.78, 5) is 4.82. The standard InChI is InChI=1S/C17H23N3O2SSi/c1-6-21-17(24(3,4)5)20-14-10-8-7-9-12(14)18-16(20)13-11-15(23-2)22-19-13/h7-11,17H,6H2,1-5H3. The Balaban J connectivity index is 2.25. The highest BCUT2D eigenvalue weighted by atomic mass is 32.2. The van der Waals surface area contributed by atoms with Crippen LogP contribution in [0.2, 0.25) is 19.6 Å². The van der Waals surface area contributed by atoms with Crippen LogP contribution in [0.5, 0.6) is 0 Å². The summed E-state index contributed by atoms with van der Waals surface area (Å²) >= 11 is 1.53. The van der Waals surface area contributed by atoms with E-state index in [-0.39, 0.29) is 5.85 Å². The molecule has 7 heteroatoms. The van der Waals surface area contributed by atoms with E-state index in [9.17, 15) is 0 Å². The molecule has 1 unspecified atom stereocenters. The van der Waals surface area contributed by atoms with Crippen LogP contribution in [0.15, 0.2) is 39.9 Å². The molecular weight excluding hydrogens is 338 g/mol. The Hall–Kier alpha value is -1.57. The Morgan fingerprint density at radius 1 is 1.29 bits per heavy atom. The van der Waals surface area contributed by atoms with Crippen molar-refractivity contribution in [1.29, 1.82) is 0 Å².